The zero-order valence-corrected chi connectivity index (χ0v) is 10.7. The SMILES string of the molecule is CCCCCC(=O)c1ccc([S+](C)[O-])cc1. The average molecular weight is 238 g/mol. The van der Waals surface area contributed by atoms with E-state index >= 15 is 0 Å². The number of ketones is 1. The van der Waals surface area contributed by atoms with E-state index in [1.165, 1.54) is 0 Å². The summed E-state index contributed by atoms with van der Waals surface area (Å²) in [5.74, 6) is 0.182. The highest BCUT2D eigenvalue weighted by Gasteiger charge is 2.08. The number of hydrogen-bond donors (Lipinski definition) is 0. The quantitative estimate of drug-likeness (QED) is 0.434. The zero-order chi connectivity index (χ0) is 12.0. The van der Waals surface area contributed by atoms with Crippen molar-refractivity contribution in [2.24, 2.45) is 0 Å². The first-order valence-corrected chi connectivity index (χ1v) is 7.17. The minimum absolute atomic E-state index is 0.182. The third-order valence-corrected chi connectivity index (χ3v) is 3.45. The Labute approximate surface area is 100 Å². The van der Waals surface area contributed by atoms with Crippen LogP contribution in [-0.4, -0.2) is 16.6 Å². The Morgan fingerprint density at radius 3 is 2.38 bits per heavy atom. The Morgan fingerprint density at radius 2 is 1.88 bits per heavy atom. The standard InChI is InChI=1S/C13H18O2S/c1-3-4-5-6-13(14)11-7-9-12(10-8-11)16(2)15/h7-10H,3-6H2,1-2H3. The normalized spacial score (nSPS) is 12.4. The van der Waals surface area contributed by atoms with Gasteiger partial charge in [0.1, 0.15) is 6.26 Å². The van der Waals surface area contributed by atoms with Crippen LogP contribution in [0.3, 0.4) is 0 Å². The Morgan fingerprint density at radius 1 is 1.25 bits per heavy atom. The van der Waals surface area contributed by atoms with Crippen molar-refractivity contribution >= 4 is 17.0 Å². The maximum atomic E-state index is 11.7. The van der Waals surface area contributed by atoms with Gasteiger partial charge < -0.3 is 4.55 Å². The van der Waals surface area contributed by atoms with Gasteiger partial charge in [0.25, 0.3) is 0 Å². The highest BCUT2D eigenvalue weighted by Crippen LogP contribution is 2.13. The van der Waals surface area contributed by atoms with Gasteiger partial charge in [0, 0.05) is 12.0 Å². The summed E-state index contributed by atoms with van der Waals surface area (Å²) in [6, 6.07) is 7.07. The number of Topliss-reactive ketones (excluding diaryl/α,β-unsaturated/α-hetero) is 1. The van der Waals surface area contributed by atoms with Gasteiger partial charge in [0.2, 0.25) is 0 Å². The van der Waals surface area contributed by atoms with Crippen molar-refractivity contribution in [1.82, 2.24) is 0 Å². The lowest BCUT2D eigenvalue weighted by Gasteiger charge is -2.05. The van der Waals surface area contributed by atoms with Crippen LogP contribution in [0.25, 0.3) is 0 Å². The molecule has 0 aliphatic carbocycles. The van der Waals surface area contributed by atoms with Gasteiger partial charge in [-0.1, -0.05) is 19.8 Å². The van der Waals surface area contributed by atoms with Crippen molar-refractivity contribution in [1.29, 1.82) is 0 Å². The monoisotopic (exact) mass is 238 g/mol. The van der Waals surface area contributed by atoms with Crippen molar-refractivity contribution in [2.45, 2.75) is 37.5 Å². The van der Waals surface area contributed by atoms with Crippen molar-refractivity contribution in [2.75, 3.05) is 6.26 Å². The van der Waals surface area contributed by atoms with E-state index < -0.39 is 11.2 Å². The fourth-order valence-corrected chi connectivity index (χ4v) is 2.03. The molecule has 1 atom stereocenters. The Kier molecular flexibility index (Phi) is 5.56. The molecule has 0 spiro atoms. The van der Waals surface area contributed by atoms with E-state index in [0.717, 1.165) is 29.7 Å². The third-order valence-electron chi connectivity index (χ3n) is 2.52. The lowest BCUT2D eigenvalue weighted by Crippen LogP contribution is -2.01. The number of benzene rings is 1. The first-order valence-electron chi connectivity index (χ1n) is 5.62. The van der Waals surface area contributed by atoms with Crippen molar-refractivity contribution < 1.29 is 9.35 Å². The summed E-state index contributed by atoms with van der Waals surface area (Å²) in [7, 11) is 0. The molecule has 0 bridgehead atoms. The molecule has 0 fully saturated rings. The molecule has 1 aromatic rings. The van der Waals surface area contributed by atoms with Crippen LogP contribution in [-0.2, 0) is 11.2 Å². The summed E-state index contributed by atoms with van der Waals surface area (Å²) in [5, 5.41) is 0. The molecule has 1 unspecified atom stereocenters. The first kappa shape index (κ1) is 13.3. The molecule has 0 radical (unpaired) electrons. The third kappa shape index (κ3) is 3.99. The van der Waals surface area contributed by atoms with Crippen LogP contribution in [0.5, 0.6) is 0 Å². The van der Waals surface area contributed by atoms with E-state index in [4.69, 9.17) is 0 Å². The molecule has 0 saturated heterocycles. The predicted molar refractivity (Wildman–Crippen MR) is 67.2 cm³/mol. The van der Waals surface area contributed by atoms with E-state index in [-0.39, 0.29) is 5.78 Å². The van der Waals surface area contributed by atoms with Crippen LogP contribution in [0.1, 0.15) is 43.0 Å². The molecule has 2 nitrogen and oxygen atoms in total. The Hall–Kier alpha value is -0.800. The molecule has 0 heterocycles. The number of carbonyl (C=O) groups is 1. The summed E-state index contributed by atoms with van der Waals surface area (Å²) >= 11 is -0.969. The summed E-state index contributed by atoms with van der Waals surface area (Å²) in [6.45, 7) is 2.12. The van der Waals surface area contributed by atoms with Crippen molar-refractivity contribution in [3.05, 3.63) is 29.8 Å². The average Bonchev–Trinajstić information content (AvgIpc) is 2.29. The minimum atomic E-state index is -0.969. The van der Waals surface area contributed by atoms with Gasteiger partial charge in [-0.3, -0.25) is 4.79 Å². The van der Waals surface area contributed by atoms with E-state index in [9.17, 15) is 9.35 Å². The fourth-order valence-electron chi connectivity index (χ4n) is 1.51. The van der Waals surface area contributed by atoms with Gasteiger partial charge in [0.05, 0.1) is 0 Å². The molecule has 3 heteroatoms. The molecule has 0 amide bonds. The molecule has 1 rings (SSSR count). The van der Waals surface area contributed by atoms with Crippen LogP contribution in [0.4, 0.5) is 0 Å². The molecular formula is C13H18O2S. The highest BCUT2D eigenvalue weighted by atomic mass is 32.2. The second-order valence-electron chi connectivity index (χ2n) is 3.86. The maximum Gasteiger partial charge on any atom is 0.162 e. The molecular weight excluding hydrogens is 220 g/mol. The molecule has 0 aromatic heterocycles. The number of rotatable bonds is 6. The lowest BCUT2D eigenvalue weighted by atomic mass is 10.1. The van der Waals surface area contributed by atoms with Crippen molar-refractivity contribution in [3.8, 4) is 0 Å². The van der Waals surface area contributed by atoms with Gasteiger partial charge in [-0.25, -0.2) is 0 Å². The summed E-state index contributed by atoms with van der Waals surface area (Å²) in [4.78, 5) is 12.5. The van der Waals surface area contributed by atoms with E-state index in [1.54, 1.807) is 30.5 Å². The molecule has 0 N–H and O–H groups in total. The van der Waals surface area contributed by atoms with Crippen LogP contribution >= 0.6 is 0 Å². The van der Waals surface area contributed by atoms with Gasteiger partial charge in [-0.05, 0) is 41.9 Å². The number of carbonyl (C=O) groups excluding carboxylic acids is 1. The zero-order valence-electron chi connectivity index (χ0n) is 9.86. The largest absolute Gasteiger partial charge is 0.612 e. The van der Waals surface area contributed by atoms with Gasteiger partial charge in [-0.15, -0.1) is 0 Å². The predicted octanol–water partition coefficient (Wildman–Crippen LogP) is 3.19. The minimum Gasteiger partial charge on any atom is -0.612 e. The number of unbranched alkanes of at least 4 members (excludes halogenated alkanes) is 2. The molecule has 1 aromatic carbocycles. The topological polar surface area (TPSA) is 40.1 Å². The Bertz CT molecular complexity index is 330. The van der Waals surface area contributed by atoms with E-state index in [1.807, 2.05) is 0 Å². The second-order valence-corrected chi connectivity index (χ2v) is 5.24. The smallest absolute Gasteiger partial charge is 0.162 e. The van der Waals surface area contributed by atoms with E-state index in [0.29, 0.717) is 6.42 Å². The van der Waals surface area contributed by atoms with Gasteiger partial charge >= 0.3 is 0 Å². The second kappa shape index (κ2) is 6.71. The highest BCUT2D eigenvalue weighted by molar-refractivity contribution is 7.90. The fraction of sp³-hybridized carbons (Fsp3) is 0.462. The lowest BCUT2D eigenvalue weighted by molar-refractivity contribution is 0.0979. The molecule has 0 aliphatic rings. The summed E-state index contributed by atoms with van der Waals surface area (Å²) < 4.78 is 11.2. The molecule has 0 saturated carbocycles. The molecule has 88 valence electrons. The molecule has 16 heavy (non-hydrogen) atoms. The van der Waals surface area contributed by atoms with Crippen LogP contribution < -0.4 is 0 Å². The van der Waals surface area contributed by atoms with Crippen LogP contribution in [0.2, 0.25) is 0 Å². The summed E-state index contributed by atoms with van der Waals surface area (Å²) in [6.07, 6.45) is 5.43. The van der Waals surface area contributed by atoms with Crippen LogP contribution in [0.15, 0.2) is 29.2 Å². The van der Waals surface area contributed by atoms with Gasteiger partial charge in [-0.2, -0.15) is 0 Å². The van der Waals surface area contributed by atoms with Gasteiger partial charge in [0.15, 0.2) is 10.7 Å². The van der Waals surface area contributed by atoms with Crippen LogP contribution in [0, 0.1) is 0 Å². The number of hydrogen-bond acceptors (Lipinski definition) is 2. The van der Waals surface area contributed by atoms with Crippen molar-refractivity contribution in [3.63, 3.8) is 0 Å². The molecule has 0 aliphatic heterocycles. The van der Waals surface area contributed by atoms with E-state index in [2.05, 4.69) is 6.92 Å². The summed E-state index contributed by atoms with van der Waals surface area (Å²) in [5.41, 5.74) is 0.727. The Balaban J connectivity index is 2.56. The maximum absolute atomic E-state index is 11.7. The first-order chi connectivity index (χ1) is 7.65.